The van der Waals surface area contributed by atoms with E-state index in [0.29, 0.717) is 0 Å². The molecule has 0 radical (unpaired) electrons. The highest BCUT2D eigenvalue weighted by molar-refractivity contribution is 14.0. The number of hydrogen-bond acceptors (Lipinski definition) is 2. The molecule has 5 nitrogen and oxygen atoms in total. The number of aliphatic imine (C=N–C) groups is 1. The summed E-state index contributed by atoms with van der Waals surface area (Å²) in [6, 6.07) is 7.21. The first-order valence-corrected chi connectivity index (χ1v) is 10.2. The van der Waals surface area contributed by atoms with E-state index < -0.39 is 0 Å². The first kappa shape index (κ1) is 22.7. The van der Waals surface area contributed by atoms with Crippen molar-refractivity contribution < 1.29 is 0 Å². The molecular weight excluding hydrogens is 461 g/mol. The molecule has 0 spiro atoms. The third kappa shape index (κ3) is 6.22. The summed E-state index contributed by atoms with van der Waals surface area (Å²) in [5.74, 6) is 1.96. The van der Waals surface area contributed by atoms with Crippen LogP contribution in [0.4, 0.5) is 0 Å². The number of aryl methyl sites for hydroxylation is 4. The summed E-state index contributed by atoms with van der Waals surface area (Å²) in [6.45, 7) is 6.20. The molecule has 0 fully saturated rings. The van der Waals surface area contributed by atoms with Crippen LogP contribution in [0.25, 0.3) is 0 Å². The van der Waals surface area contributed by atoms with Crippen molar-refractivity contribution >= 4 is 29.9 Å². The van der Waals surface area contributed by atoms with Gasteiger partial charge in [0, 0.05) is 32.5 Å². The van der Waals surface area contributed by atoms with Crippen LogP contribution < -0.4 is 10.6 Å². The van der Waals surface area contributed by atoms with E-state index in [1.807, 2.05) is 26.4 Å². The Morgan fingerprint density at radius 3 is 2.71 bits per heavy atom. The average Bonchev–Trinajstić information content (AvgIpc) is 3.11. The fourth-order valence-electron chi connectivity index (χ4n) is 3.76. The summed E-state index contributed by atoms with van der Waals surface area (Å²) in [5, 5.41) is 6.97. The van der Waals surface area contributed by atoms with E-state index in [1.165, 1.54) is 42.4 Å². The van der Waals surface area contributed by atoms with E-state index in [4.69, 9.17) is 0 Å². The van der Waals surface area contributed by atoms with Gasteiger partial charge in [-0.25, -0.2) is 4.98 Å². The van der Waals surface area contributed by atoms with Gasteiger partial charge in [-0.1, -0.05) is 18.2 Å². The minimum absolute atomic E-state index is 0. The number of hydrogen-bond donors (Lipinski definition) is 2. The predicted molar refractivity (Wildman–Crippen MR) is 128 cm³/mol. The second-order valence-electron chi connectivity index (χ2n) is 7.48. The first-order chi connectivity index (χ1) is 13.2. The number of imidazole rings is 1. The fourth-order valence-corrected chi connectivity index (χ4v) is 3.76. The van der Waals surface area contributed by atoms with Crippen molar-refractivity contribution in [2.75, 3.05) is 13.6 Å². The Labute approximate surface area is 186 Å². The number of unbranched alkanes of at least 4 members (excludes halogenated alkanes) is 1. The van der Waals surface area contributed by atoms with Crippen LogP contribution in [0.15, 0.2) is 35.6 Å². The number of benzene rings is 1. The Balaban J connectivity index is 0.00000280. The molecule has 1 aliphatic rings. The first-order valence-electron chi connectivity index (χ1n) is 10.2. The largest absolute Gasteiger partial charge is 0.356 e. The predicted octanol–water partition coefficient (Wildman–Crippen LogP) is 4.39. The molecule has 3 rings (SSSR count). The molecule has 154 valence electrons. The zero-order valence-electron chi connectivity index (χ0n) is 17.4. The third-order valence-corrected chi connectivity index (χ3v) is 5.49. The second-order valence-corrected chi connectivity index (χ2v) is 7.48. The molecule has 1 aliphatic carbocycles. The zero-order valence-corrected chi connectivity index (χ0v) is 19.7. The molecule has 0 saturated heterocycles. The molecule has 0 saturated carbocycles. The molecule has 0 bridgehead atoms. The van der Waals surface area contributed by atoms with E-state index in [1.54, 1.807) is 0 Å². The summed E-state index contributed by atoms with van der Waals surface area (Å²) < 4.78 is 2.20. The van der Waals surface area contributed by atoms with Gasteiger partial charge in [0.25, 0.3) is 0 Å². The SMILES string of the molecule is CN=C(NCCCCn1ccnc1C)NC(C)c1ccc2c(c1)CCCC2.I. The van der Waals surface area contributed by atoms with Crippen LogP contribution in [0, 0.1) is 6.92 Å². The Bertz CT molecular complexity index is 768. The molecule has 2 aromatic rings. The van der Waals surface area contributed by atoms with Crippen molar-refractivity contribution in [3.05, 3.63) is 53.1 Å². The maximum atomic E-state index is 4.38. The maximum Gasteiger partial charge on any atom is 0.191 e. The van der Waals surface area contributed by atoms with Gasteiger partial charge >= 0.3 is 0 Å². The number of fused-ring (bicyclic) bond motifs is 1. The minimum atomic E-state index is 0. The van der Waals surface area contributed by atoms with Gasteiger partial charge in [0.2, 0.25) is 0 Å². The highest BCUT2D eigenvalue weighted by atomic mass is 127. The van der Waals surface area contributed by atoms with Crippen LogP contribution in [0.5, 0.6) is 0 Å². The number of nitrogens with one attached hydrogen (secondary N) is 2. The number of nitrogens with zero attached hydrogens (tertiary/aromatic N) is 3. The van der Waals surface area contributed by atoms with Gasteiger partial charge in [-0.2, -0.15) is 0 Å². The molecule has 1 unspecified atom stereocenters. The summed E-state index contributed by atoms with van der Waals surface area (Å²) in [6.07, 6.45) is 11.2. The lowest BCUT2D eigenvalue weighted by Gasteiger charge is -2.21. The van der Waals surface area contributed by atoms with E-state index in [9.17, 15) is 0 Å². The Kier molecular flexibility index (Phi) is 9.28. The number of guanidine groups is 1. The van der Waals surface area contributed by atoms with E-state index in [0.717, 1.165) is 37.7 Å². The standard InChI is InChI=1S/C22H33N5.HI/c1-17(20-11-10-19-8-4-5-9-21(19)16-20)26-22(23-3)25-12-6-7-14-27-15-13-24-18(27)2;/h10-11,13,15-17H,4-9,12,14H2,1-3H3,(H2,23,25,26);1H. The highest BCUT2D eigenvalue weighted by Gasteiger charge is 2.13. The number of aromatic nitrogens is 2. The van der Waals surface area contributed by atoms with Crippen molar-refractivity contribution in [1.82, 2.24) is 20.2 Å². The number of rotatable bonds is 7. The zero-order chi connectivity index (χ0) is 19.1. The quantitative estimate of drug-likeness (QED) is 0.259. The maximum absolute atomic E-state index is 4.38. The smallest absolute Gasteiger partial charge is 0.191 e. The van der Waals surface area contributed by atoms with Crippen molar-refractivity contribution in [3.8, 4) is 0 Å². The average molecular weight is 495 g/mol. The van der Waals surface area contributed by atoms with Gasteiger partial charge in [-0.05, 0) is 69.1 Å². The van der Waals surface area contributed by atoms with Gasteiger partial charge in [0.05, 0.1) is 6.04 Å². The van der Waals surface area contributed by atoms with Gasteiger partial charge in [-0.3, -0.25) is 4.99 Å². The number of halogens is 1. The lowest BCUT2D eigenvalue weighted by molar-refractivity contribution is 0.585. The summed E-state index contributed by atoms with van der Waals surface area (Å²) in [5.41, 5.74) is 4.41. The fraction of sp³-hybridized carbons (Fsp3) is 0.545. The summed E-state index contributed by atoms with van der Waals surface area (Å²) in [7, 11) is 1.84. The lowest BCUT2D eigenvalue weighted by atomic mass is 9.89. The van der Waals surface area contributed by atoms with Crippen LogP contribution in [0.3, 0.4) is 0 Å². The van der Waals surface area contributed by atoms with Crippen LogP contribution in [-0.4, -0.2) is 29.1 Å². The van der Waals surface area contributed by atoms with Crippen molar-refractivity contribution in [2.45, 2.75) is 65.0 Å². The Morgan fingerprint density at radius 1 is 1.21 bits per heavy atom. The van der Waals surface area contributed by atoms with Crippen LogP contribution in [0.1, 0.15) is 61.2 Å². The van der Waals surface area contributed by atoms with Crippen LogP contribution in [0.2, 0.25) is 0 Å². The van der Waals surface area contributed by atoms with E-state index >= 15 is 0 Å². The molecule has 2 N–H and O–H groups in total. The lowest BCUT2D eigenvalue weighted by Crippen LogP contribution is -2.39. The molecule has 1 heterocycles. The molecule has 0 aliphatic heterocycles. The molecule has 1 aromatic heterocycles. The molecule has 1 aromatic carbocycles. The molecule has 0 amide bonds. The molecule has 6 heteroatoms. The van der Waals surface area contributed by atoms with Crippen LogP contribution >= 0.6 is 24.0 Å². The van der Waals surface area contributed by atoms with E-state index in [-0.39, 0.29) is 30.0 Å². The van der Waals surface area contributed by atoms with Crippen molar-refractivity contribution in [2.24, 2.45) is 4.99 Å². The van der Waals surface area contributed by atoms with Crippen molar-refractivity contribution in [3.63, 3.8) is 0 Å². The van der Waals surface area contributed by atoms with Gasteiger partial charge in [0.1, 0.15) is 5.82 Å². The monoisotopic (exact) mass is 495 g/mol. The van der Waals surface area contributed by atoms with Crippen LogP contribution in [-0.2, 0) is 19.4 Å². The molecule has 28 heavy (non-hydrogen) atoms. The second kappa shape index (κ2) is 11.4. The van der Waals surface area contributed by atoms with Gasteiger partial charge in [-0.15, -0.1) is 24.0 Å². The van der Waals surface area contributed by atoms with E-state index in [2.05, 4.69) is 50.3 Å². The Hall–Kier alpha value is -1.57. The Morgan fingerprint density at radius 2 is 2.00 bits per heavy atom. The third-order valence-electron chi connectivity index (χ3n) is 5.49. The normalized spacial score (nSPS) is 14.8. The molecule has 1 atom stereocenters. The summed E-state index contributed by atoms with van der Waals surface area (Å²) in [4.78, 5) is 8.65. The van der Waals surface area contributed by atoms with Gasteiger partial charge < -0.3 is 15.2 Å². The topological polar surface area (TPSA) is 54.2 Å². The minimum Gasteiger partial charge on any atom is -0.356 e. The summed E-state index contributed by atoms with van der Waals surface area (Å²) >= 11 is 0. The molecular formula is C22H34IN5. The highest BCUT2D eigenvalue weighted by Crippen LogP contribution is 2.24. The van der Waals surface area contributed by atoms with Gasteiger partial charge in [0.15, 0.2) is 5.96 Å². The van der Waals surface area contributed by atoms with Crippen molar-refractivity contribution in [1.29, 1.82) is 0 Å².